The van der Waals surface area contributed by atoms with E-state index in [0.717, 1.165) is 25.8 Å². The van der Waals surface area contributed by atoms with Crippen molar-refractivity contribution in [3.05, 3.63) is 0 Å². The third-order valence-electron chi connectivity index (χ3n) is 3.40. The molecule has 1 amide bonds. The van der Waals surface area contributed by atoms with Crippen molar-refractivity contribution in [3.8, 4) is 0 Å². The summed E-state index contributed by atoms with van der Waals surface area (Å²) >= 11 is 0. The second kappa shape index (κ2) is 5.25. The van der Waals surface area contributed by atoms with Gasteiger partial charge in [0.25, 0.3) is 0 Å². The van der Waals surface area contributed by atoms with Crippen LogP contribution in [-0.2, 0) is 4.74 Å². The van der Waals surface area contributed by atoms with E-state index in [0.29, 0.717) is 6.54 Å². The average Bonchev–Trinajstić information content (AvgIpc) is 2.27. The van der Waals surface area contributed by atoms with E-state index in [1.807, 2.05) is 20.8 Å². The molecular weight excluding hydrogens is 218 g/mol. The third kappa shape index (κ3) is 3.87. The summed E-state index contributed by atoms with van der Waals surface area (Å²) in [7, 11) is 0. The van der Waals surface area contributed by atoms with Gasteiger partial charge in [0.15, 0.2) is 0 Å². The highest BCUT2D eigenvalue weighted by molar-refractivity contribution is 5.68. The fourth-order valence-electron chi connectivity index (χ4n) is 2.22. The molecule has 0 aliphatic carbocycles. The zero-order valence-electron chi connectivity index (χ0n) is 11.5. The Labute approximate surface area is 104 Å². The van der Waals surface area contributed by atoms with Gasteiger partial charge in [-0.2, -0.15) is 0 Å². The van der Waals surface area contributed by atoms with Crippen molar-refractivity contribution >= 4 is 6.09 Å². The van der Waals surface area contributed by atoms with Gasteiger partial charge in [-0.05, 0) is 40.0 Å². The summed E-state index contributed by atoms with van der Waals surface area (Å²) in [5, 5.41) is 9.49. The van der Waals surface area contributed by atoms with E-state index < -0.39 is 5.60 Å². The number of carbonyl (C=O) groups excluding carboxylic acids is 1. The van der Waals surface area contributed by atoms with E-state index in [2.05, 4.69) is 6.92 Å². The Balaban J connectivity index is 2.63. The van der Waals surface area contributed by atoms with E-state index >= 15 is 0 Å². The zero-order valence-corrected chi connectivity index (χ0v) is 11.5. The van der Waals surface area contributed by atoms with Gasteiger partial charge < -0.3 is 14.7 Å². The molecule has 1 unspecified atom stereocenters. The van der Waals surface area contributed by atoms with Gasteiger partial charge in [-0.1, -0.05) is 6.92 Å². The van der Waals surface area contributed by atoms with Crippen LogP contribution < -0.4 is 0 Å². The van der Waals surface area contributed by atoms with Crippen LogP contribution in [0.1, 0.15) is 47.0 Å². The second-order valence-corrected chi connectivity index (χ2v) is 6.02. The lowest BCUT2D eigenvalue weighted by atomic mass is 9.78. The number of nitrogens with zero attached hydrogens (tertiary/aromatic N) is 1. The largest absolute Gasteiger partial charge is 0.444 e. The van der Waals surface area contributed by atoms with Gasteiger partial charge in [0.05, 0.1) is 6.61 Å². The fraction of sp³-hybridized carbons (Fsp3) is 0.923. The van der Waals surface area contributed by atoms with Crippen molar-refractivity contribution < 1.29 is 14.6 Å². The molecule has 0 saturated carbocycles. The van der Waals surface area contributed by atoms with Crippen LogP contribution >= 0.6 is 0 Å². The minimum Gasteiger partial charge on any atom is -0.444 e. The summed E-state index contributed by atoms with van der Waals surface area (Å²) in [6.07, 6.45) is 2.55. The zero-order chi connectivity index (χ0) is 13.1. The Kier molecular flexibility index (Phi) is 4.42. The number of carbonyl (C=O) groups is 1. The predicted octanol–water partition coefficient (Wildman–Crippen LogP) is 2.41. The molecule has 1 saturated heterocycles. The van der Waals surface area contributed by atoms with Crippen LogP contribution in [0.2, 0.25) is 0 Å². The first-order chi connectivity index (χ1) is 7.82. The van der Waals surface area contributed by atoms with E-state index in [1.165, 1.54) is 0 Å². The van der Waals surface area contributed by atoms with Crippen LogP contribution in [0.15, 0.2) is 0 Å². The number of hydrogen-bond donors (Lipinski definition) is 1. The monoisotopic (exact) mass is 243 g/mol. The number of piperidine rings is 1. The molecule has 1 aliphatic heterocycles. The molecule has 0 radical (unpaired) electrons. The number of hydrogen-bond acceptors (Lipinski definition) is 3. The first kappa shape index (κ1) is 14.3. The van der Waals surface area contributed by atoms with Gasteiger partial charge in [-0.25, -0.2) is 4.79 Å². The fourth-order valence-corrected chi connectivity index (χ4v) is 2.22. The first-order valence-electron chi connectivity index (χ1n) is 6.41. The molecule has 1 aliphatic rings. The molecular formula is C13H25NO3. The second-order valence-electron chi connectivity index (χ2n) is 6.02. The number of aliphatic hydroxyl groups excluding tert-OH is 1. The average molecular weight is 243 g/mol. The Morgan fingerprint density at radius 2 is 2.12 bits per heavy atom. The Bertz CT molecular complexity index is 266. The summed E-state index contributed by atoms with van der Waals surface area (Å²) in [4.78, 5) is 13.7. The molecule has 4 nitrogen and oxygen atoms in total. The van der Waals surface area contributed by atoms with E-state index in [1.54, 1.807) is 4.90 Å². The lowest BCUT2D eigenvalue weighted by Crippen LogP contribution is -2.49. The maximum atomic E-state index is 12.0. The molecule has 17 heavy (non-hydrogen) atoms. The Morgan fingerprint density at radius 3 is 2.59 bits per heavy atom. The number of aliphatic hydroxyl groups is 1. The van der Waals surface area contributed by atoms with Crippen molar-refractivity contribution in [1.82, 2.24) is 4.90 Å². The molecule has 0 spiro atoms. The summed E-state index contributed by atoms with van der Waals surface area (Å²) in [6.45, 7) is 9.15. The van der Waals surface area contributed by atoms with Crippen LogP contribution in [0.5, 0.6) is 0 Å². The highest BCUT2D eigenvalue weighted by Crippen LogP contribution is 2.33. The van der Waals surface area contributed by atoms with Crippen LogP contribution in [-0.4, -0.2) is 41.4 Å². The van der Waals surface area contributed by atoms with E-state index in [-0.39, 0.29) is 18.1 Å². The van der Waals surface area contributed by atoms with Crippen LogP contribution in [0.25, 0.3) is 0 Å². The molecule has 4 heteroatoms. The van der Waals surface area contributed by atoms with Gasteiger partial charge in [-0.15, -0.1) is 0 Å². The molecule has 1 heterocycles. The highest BCUT2D eigenvalue weighted by atomic mass is 16.6. The van der Waals surface area contributed by atoms with Crippen molar-refractivity contribution in [1.29, 1.82) is 0 Å². The minimum absolute atomic E-state index is 0.130. The SMILES string of the molecule is CCC1(CO)CCCN(C(=O)OC(C)(C)C)C1. The molecule has 1 N–H and O–H groups in total. The summed E-state index contributed by atoms with van der Waals surface area (Å²) in [5.41, 5.74) is -0.586. The molecule has 100 valence electrons. The maximum Gasteiger partial charge on any atom is 0.410 e. The normalized spacial score (nSPS) is 25.8. The van der Waals surface area contributed by atoms with E-state index in [9.17, 15) is 9.90 Å². The molecule has 0 aromatic rings. The third-order valence-corrected chi connectivity index (χ3v) is 3.40. The van der Waals surface area contributed by atoms with Gasteiger partial charge in [0.1, 0.15) is 5.60 Å². The quantitative estimate of drug-likeness (QED) is 0.810. The van der Waals surface area contributed by atoms with Crippen molar-refractivity contribution in [2.24, 2.45) is 5.41 Å². The Hall–Kier alpha value is -0.770. The summed E-state index contributed by atoms with van der Waals surface area (Å²) in [6, 6.07) is 0. The van der Waals surface area contributed by atoms with Crippen LogP contribution in [0.3, 0.4) is 0 Å². The molecule has 1 rings (SSSR count). The summed E-state index contributed by atoms with van der Waals surface area (Å²) < 4.78 is 5.36. The Morgan fingerprint density at radius 1 is 1.47 bits per heavy atom. The molecule has 1 atom stereocenters. The van der Waals surface area contributed by atoms with Crippen molar-refractivity contribution in [2.45, 2.75) is 52.6 Å². The molecule has 1 fully saturated rings. The van der Waals surface area contributed by atoms with Gasteiger partial charge in [0.2, 0.25) is 0 Å². The molecule has 0 aromatic heterocycles. The topological polar surface area (TPSA) is 49.8 Å². The van der Waals surface area contributed by atoms with Crippen LogP contribution in [0.4, 0.5) is 4.79 Å². The minimum atomic E-state index is -0.456. The van der Waals surface area contributed by atoms with Gasteiger partial charge in [0, 0.05) is 18.5 Å². The number of likely N-dealkylation sites (tertiary alicyclic amines) is 1. The van der Waals surface area contributed by atoms with Crippen molar-refractivity contribution in [3.63, 3.8) is 0 Å². The predicted molar refractivity (Wildman–Crippen MR) is 66.9 cm³/mol. The highest BCUT2D eigenvalue weighted by Gasteiger charge is 2.36. The van der Waals surface area contributed by atoms with Gasteiger partial charge >= 0.3 is 6.09 Å². The molecule has 0 aromatic carbocycles. The van der Waals surface area contributed by atoms with E-state index in [4.69, 9.17) is 4.74 Å². The van der Waals surface area contributed by atoms with Gasteiger partial charge in [-0.3, -0.25) is 0 Å². The number of rotatable bonds is 2. The van der Waals surface area contributed by atoms with Crippen molar-refractivity contribution in [2.75, 3.05) is 19.7 Å². The standard InChI is InChI=1S/C13H25NO3/c1-5-13(10-15)7-6-8-14(9-13)11(16)17-12(2,3)4/h15H,5-10H2,1-4H3. The number of amides is 1. The molecule has 0 bridgehead atoms. The number of ether oxygens (including phenoxy) is 1. The lowest BCUT2D eigenvalue weighted by molar-refractivity contribution is -0.00959. The van der Waals surface area contributed by atoms with Crippen LogP contribution in [0, 0.1) is 5.41 Å². The summed E-state index contributed by atoms with van der Waals surface area (Å²) in [5.74, 6) is 0. The first-order valence-corrected chi connectivity index (χ1v) is 6.41. The lowest BCUT2D eigenvalue weighted by Gasteiger charge is -2.41. The maximum absolute atomic E-state index is 12.0. The smallest absolute Gasteiger partial charge is 0.410 e.